The first-order chi connectivity index (χ1) is 13.5. The molecule has 146 valence electrons. The molecule has 28 heavy (non-hydrogen) atoms. The summed E-state index contributed by atoms with van der Waals surface area (Å²) in [5.41, 5.74) is 2.78. The second-order valence-electron chi connectivity index (χ2n) is 6.79. The molecule has 0 aliphatic rings. The molecule has 0 spiro atoms. The fourth-order valence-corrected chi connectivity index (χ4v) is 3.38. The molecular formula is C22H24N2O4. The second-order valence-corrected chi connectivity index (χ2v) is 6.79. The highest BCUT2D eigenvalue weighted by Gasteiger charge is 2.21. The summed E-state index contributed by atoms with van der Waals surface area (Å²) in [6.07, 6.45) is 0.283. The molecule has 2 aromatic carbocycles. The molecule has 0 aliphatic heterocycles. The van der Waals surface area contributed by atoms with E-state index in [0.29, 0.717) is 5.75 Å². The highest BCUT2D eigenvalue weighted by Crippen LogP contribution is 2.21. The average Bonchev–Trinajstić information content (AvgIpc) is 3.00. The minimum atomic E-state index is -0.950. The van der Waals surface area contributed by atoms with Crippen LogP contribution in [-0.2, 0) is 22.6 Å². The second kappa shape index (κ2) is 8.61. The summed E-state index contributed by atoms with van der Waals surface area (Å²) in [5.74, 6) is -1.25. The lowest BCUT2D eigenvalue weighted by atomic mass is 9.98. The van der Waals surface area contributed by atoms with Gasteiger partial charge < -0.3 is 19.7 Å². The number of hydrogen-bond acceptors (Lipinski definition) is 3. The van der Waals surface area contributed by atoms with Gasteiger partial charge in [0, 0.05) is 17.8 Å². The number of methoxy groups -OCH3 is 1. The summed E-state index contributed by atoms with van der Waals surface area (Å²) < 4.78 is 7.22. The number of hydrogen-bond donors (Lipinski definition) is 2. The van der Waals surface area contributed by atoms with Crippen LogP contribution in [-0.4, -0.2) is 35.2 Å². The van der Waals surface area contributed by atoms with Gasteiger partial charge in [-0.3, -0.25) is 9.59 Å². The maximum Gasteiger partial charge on any atom is 0.308 e. The zero-order valence-electron chi connectivity index (χ0n) is 16.0. The quantitative estimate of drug-likeness (QED) is 0.629. The molecule has 6 heteroatoms. The largest absolute Gasteiger partial charge is 0.496 e. The Morgan fingerprint density at radius 3 is 2.61 bits per heavy atom. The number of carboxylic acids is 1. The summed E-state index contributed by atoms with van der Waals surface area (Å²) in [6.45, 7) is 2.17. The van der Waals surface area contributed by atoms with Crippen LogP contribution < -0.4 is 10.1 Å². The van der Waals surface area contributed by atoms with Gasteiger partial charge in [0.2, 0.25) is 5.91 Å². The van der Waals surface area contributed by atoms with Gasteiger partial charge >= 0.3 is 5.97 Å². The molecule has 0 saturated heterocycles. The Hall–Kier alpha value is -3.28. The molecule has 0 saturated carbocycles. The third kappa shape index (κ3) is 4.34. The van der Waals surface area contributed by atoms with E-state index in [9.17, 15) is 14.7 Å². The Kier molecular flexibility index (Phi) is 5.99. The van der Waals surface area contributed by atoms with E-state index >= 15 is 0 Å². The van der Waals surface area contributed by atoms with Gasteiger partial charge in [-0.05, 0) is 42.5 Å². The van der Waals surface area contributed by atoms with E-state index in [1.165, 1.54) is 0 Å². The van der Waals surface area contributed by atoms with Gasteiger partial charge in [0.1, 0.15) is 12.3 Å². The van der Waals surface area contributed by atoms with Crippen molar-refractivity contribution in [1.82, 2.24) is 9.88 Å². The predicted octanol–water partition coefficient (Wildman–Crippen LogP) is 3.02. The van der Waals surface area contributed by atoms with Gasteiger partial charge in [-0.1, -0.05) is 36.4 Å². The molecule has 0 fully saturated rings. The van der Waals surface area contributed by atoms with Gasteiger partial charge in [0.05, 0.1) is 13.0 Å². The van der Waals surface area contributed by atoms with Crippen LogP contribution >= 0.6 is 0 Å². The molecule has 1 atom stereocenters. The van der Waals surface area contributed by atoms with Crippen LogP contribution in [0.1, 0.15) is 11.3 Å². The predicted molar refractivity (Wildman–Crippen MR) is 108 cm³/mol. The lowest BCUT2D eigenvalue weighted by Gasteiger charge is -2.16. The number of para-hydroxylation sites is 2. The number of aromatic nitrogens is 1. The topological polar surface area (TPSA) is 80.6 Å². The van der Waals surface area contributed by atoms with Crippen molar-refractivity contribution in [2.75, 3.05) is 13.7 Å². The number of aliphatic carboxylic acids is 1. The normalized spacial score (nSPS) is 11.9. The van der Waals surface area contributed by atoms with E-state index in [4.69, 9.17) is 4.74 Å². The van der Waals surface area contributed by atoms with Crippen LogP contribution in [0.25, 0.3) is 10.9 Å². The van der Waals surface area contributed by atoms with Crippen molar-refractivity contribution in [2.45, 2.75) is 19.9 Å². The van der Waals surface area contributed by atoms with Crippen molar-refractivity contribution in [3.63, 3.8) is 0 Å². The first-order valence-corrected chi connectivity index (χ1v) is 9.16. The highest BCUT2D eigenvalue weighted by atomic mass is 16.5. The summed E-state index contributed by atoms with van der Waals surface area (Å²) in [6, 6.07) is 17.2. The smallest absolute Gasteiger partial charge is 0.308 e. The van der Waals surface area contributed by atoms with E-state index < -0.39 is 11.9 Å². The van der Waals surface area contributed by atoms with Crippen LogP contribution in [0.5, 0.6) is 5.75 Å². The Morgan fingerprint density at radius 2 is 1.86 bits per heavy atom. The third-order valence-electron chi connectivity index (χ3n) is 4.87. The molecule has 3 rings (SSSR count). The molecule has 0 aliphatic carbocycles. The Morgan fingerprint density at radius 1 is 1.14 bits per heavy atom. The molecule has 2 N–H and O–H groups in total. The highest BCUT2D eigenvalue weighted by molar-refractivity contribution is 5.84. The molecule has 6 nitrogen and oxygen atoms in total. The first-order valence-electron chi connectivity index (χ1n) is 9.16. The SMILES string of the molecule is COc1ccccc1CC(CNC(=O)Cn1c(C)cc2ccccc21)C(=O)O. The molecule has 0 radical (unpaired) electrons. The number of nitrogens with one attached hydrogen (secondary N) is 1. The Labute approximate surface area is 163 Å². The molecule has 1 unspecified atom stereocenters. The molecule has 0 bridgehead atoms. The Bertz CT molecular complexity index is 993. The summed E-state index contributed by atoms with van der Waals surface area (Å²) >= 11 is 0. The number of nitrogens with zero attached hydrogens (tertiary/aromatic N) is 1. The number of ether oxygens (including phenoxy) is 1. The monoisotopic (exact) mass is 380 g/mol. The Balaban J connectivity index is 1.66. The van der Waals surface area contributed by atoms with Crippen molar-refractivity contribution < 1.29 is 19.4 Å². The minimum absolute atomic E-state index is 0.0600. The van der Waals surface area contributed by atoms with Gasteiger partial charge in [-0.15, -0.1) is 0 Å². The zero-order valence-corrected chi connectivity index (χ0v) is 16.0. The molecule has 3 aromatic rings. The lowest BCUT2D eigenvalue weighted by Crippen LogP contribution is -2.36. The van der Waals surface area contributed by atoms with Crippen LogP contribution in [0.4, 0.5) is 0 Å². The maximum atomic E-state index is 12.5. The molecule has 1 heterocycles. The standard InChI is InChI=1S/C22H24N2O4/c1-15-11-16-7-3-5-9-19(16)24(15)14-21(25)23-13-18(22(26)27)12-17-8-4-6-10-20(17)28-2/h3-11,18H,12-14H2,1-2H3,(H,23,25)(H,26,27). The summed E-state index contributed by atoms with van der Waals surface area (Å²) in [5, 5.41) is 13.4. The number of fused-ring (bicyclic) bond motifs is 1. The van der Waals surface area contributed by atoms with Gasteiger partial charge in [-0.25, -0.2) is 0 Å². The van der Waals surface area contributed by atoms with E-state index in [1.807, 2.05) is 60.0 Å². The molecule has 1 aromatic heterocycles. The van der Waals surface area contributed by atoms with Crippen molar-refractivity contribution in [3.05, 3.63) is 65.9 Å². The number of carboxylic acid groups (broad SMARTS) is 1. The van der Waals surface area contributed by atoms with Crippen molar-refractivity contribution in [1.29, 1.82) is 0 Å². The van der Waals surface area contributed by atoms with Gasteiger partial charge in [0.25, 0.3) is 0 Å². The third-order valence-corrected chi connectivity index (χ3v) is 4.87. The fraction of sp³-hybridized carbons (Fsp3) is 0.273. The van der Waals surface area contributed by atoms with E-state index in [-0.39, 0.29) is 25.4 Å². The number of amides is 1. The number of aryl methyl sites for hydroxylation is 1. The van der Waals surface area contributed by atoms with Crippen molar-refractivity contribution >= 4 is 22.8 Å². The lowest BCUT2D eigenvalue weighted by molar-refractivity contribution is -0.141. The van der Waals surface area contributed by atoms with E-state index in [2.05, 4.69) is 5.32 Å². The average molecular weight is 380 g/mol. The van der Waals surface area contributed by atoms with Gasteiger partial charge in [0.15, 0.2) is 0 Å². The van der Waals surface area contributed by atoms with E-state index in [0.717, 1.165) is 22.2 Å². The fourth-order valence-electron chi connectivity index (χ4n) is 3.38. The van der Waals surface area contributed by atoms with Gasteiger partial charge in [-0.2, -0.15) is 0 Å². The van der Waals surface area contributed by atoms with E-state index in [1.54, 1.807) is 13.2 Å². The minimum Gasteiger partial charge on any atom is -0.496 e. The number of benzene rings is 2. The zero-order chi connectivity index (χ0) is 20.1. The van der Waals surface area contributed by atoms with Crippen LogP contribution in [0.2, 0.25) is 0 Å². The molecular weight excluding hydrogens is 356 g/mol. The van der Waals surface area contributed by atoms with Crippen LogP contribution in [0.3, 0.4) is 0 Å². The maximum absolute atomic E-state index is 12.5. The van der Waals surface area contributed by atoms with Crippen molar-refractivity contribution in [2.24, 2.45) is 5.92 Å². The molecule has 1 amide bonds. The van der Waals surface area contributed by atoms with Crippen LogP contribution in [0.15, 0.2) is 54.6 Å². The number of carbonyl (C=O) groups excluding carboxylic acids is 1. The van der Waals surface area contributed by atoms with Crippen LogP contribution in [0, 0.1) is 12.8 Å². The number of carbonyl (C=O) groups is 2. The first kappa shape index (κ1) is 19.5. The summed E-state index contributed by atoms with van der Waals surface area (Å²) in [4.78, 5) is 24.1. The summed E-state index contributed by atoms with van der Waals surface area (Å²) in [7, 11) is 1.56. The van der Waals surface area contributed by atoms with Crippen molar-refractivity contribution in [3.8, 4) is 5.75 Å². The number of rotatable bonds is 8.